The van der Waals surface area contributed by atoms with E-state index in [2.05, 4.69) is 0 Å². The maximum absolute atomic E-state index is 0. The van der Waals surface area contributed by atoms with E-state index in [1.54, 1.807) is 0 Å². The molecule has 22 valence electrons. The van der Waals surface area contributed by atoms with Gasteiger partial charge in [0, 0.05) is 22.0 Å². The van der Waals surface area contributed by atoms with Crippen molar-refractivity contribution >= 4 is 89.1 Å². The predicted molar refractivity (Wildman–Crippen MR) is 16.4 cm³/mol. The van der Waals surface area contributed by atoms with Crippen molar-refractivity contribution in [3.63, 3.8) is 0 Å². The van der Waals surface area contributed by atoms with Crippen LogP contribution in [0.5, 0.6) is 0 Å². The van der Waals surface area contributed by atoms with Crippen molar-refractivity contribution in [1.82, 2.24) is 0 Å². The number of hydrogen-bond acceptors (Lipinski definition) is 0. The van der Waals surface area contributed by atoms with Crippen LogP contribution in [0.1, 0.15) is 0 Å². The summed E-state index contributed by atoms with van der Waals surface area (Å²) in [6, 6.07) is 0. The maximum atomic E-state index is 0. The van der Waals surface area contributed by atoms with Gasteiger partial charge in [0.2, 0.25) is 0 Å². The molecular formula is H3CaKNiO. The van der Waals surface area contributed by atoms with Gasteiger partial charge in [0.1, 0.15) is 0 Å². The Bertz CT molecular complexity index is 8.00. The Morgan fingerprint density at radius 2 is 1.00 bits per heavy atom. The van der Waals surface area contributed by atoms with Crippen LogP contribution < -0.4 is 0 Å². The molecule has 1 nitrogen and oxygen atoms in total. The van der Waals surface area contributed by atoms with Gasteiger partial charge in [-0.2, -0.15) is 0 Å². The van der Waals surface area contributed by atoms with Gasteiger partial charge in [0.25, 0.3) is 0 Å². The molecule has 0 saturated carbocycles. The molecule has 2 radical (unpaired) electrons. The third kappa shape index (κ3) is 9.02. The number of rotatable bonds is 0. The zero-order chi connectivity index (χ0) is 0. The molecule has 0 heterocycles. The van der Waals surface area contributed by atoms with Crippen LogP contribution >= 0.6 is 0 Å². The van der Waals surface area contributed by atoms with Crippen LogP contribution in [0.3, 0.4) is 0 Å². The first-order valence-corrected chi connectivity index (χ1v) is 0. The molecule has 0 amide bonds. The Balaban J connectivity index is 0. The summed E-state index contributed by atoms with van der Waals surface area (Å²) in [5.74, 6) is 0. The Labute approximate surface area is 108 Å². The molecule has 0 unspecified atom stereocenters. The predicted octanol–water partition coefficient (Wildman–Crippen LogP) is -1.69. The molecular weight excluding hydrogens is 154 g/mol. The van der Waals surface area contributed by atoms with Crippen molar-refractivity contribution in [1.29, 1.82) is 0 Å². The van der Waals surface area contributed by atoms with Crippen LogP contribution in [0.25, 0.3) is 0 Å². The zero-order valence-electron chi connectivity index (χ0n) is 0.724. The Kier molecular flexibility index (Phi) is 107. The molecule has 0 aliphatic rings. The average molecular weight is 157 g/mol. The van der Waals surface area contributed by atoms with Crippen molar-refractivity contribution in [2.24, 2.45) is 0 Å². The van der Waals surface area contributed by atoms with E-state index >= 15 is 0 Å². The van der Waals surface area contributed by atoms with Crippen molar-refractivity contribution in [2.45, 2.75) is 0 Å². The van der Waals surface area contributed by atoms with E-state index in [1.165, 1.54) is 0 Å². The minimum absolute atomic E-state index is 0. The molecule has 0 aliphatic heterocycles. The van der Waals surface area contributed by atoms with E-state index in [0.717, 1.165) is 0 Å². The normalized spacial score (nSPS) is 0. The topological polar surface area (TPSA) is 28.5 Å². The molecule has 0 rings (SSSR count). The van der Waals surface area contributed by atoms with Crippen LogP contribution in [0.4, 0.5) is 0 Å². The molecule has 0 bridgehead atoms. The van der Waals surface area contributed by atoms with Gasteiger partial charge in [-0.15, -0.1) is 0 Å². The third-order valence-corrected chi connectivity index (χ3v) is 0. The fourth-order valence-corrected chi connectivity index (χ4v) is 0. The molecule has 0 fully saturated rings. The minimum Gasteiger partial charge on any atom is 0 e. The van der Waals surface area contributed by atoms with Crippen LogP contribution in [0.15, 0.2) is 0 Å². The SMILES string of the molecule is [CaH2].[KH].[Ni].[O]. The minimum atomic E-state index is 0. The molecule has 4 heteroatoms. The van der Waals surface area contributed by atoms with E-state index in [-0.39, 0.29) is 111 Å². The molecule has 0 spiro atoms. The number of hydrogen-bond donors (Lipinski definition) is 0. The van der Waals surface area contributed by atoms with Gasteiger partial charge in [-0.1, -0.05) is 0 Å². The van der Waals surface area contributed by atoms with E-state index in [9.17, 15) is 0 Å². The Morgan fingerprint density at radius 3 is 1.00 bits per heavy atom. The summed E-state index contributed by atoms with van der Waals surface area (Å²) < 4.78 is 0. The first-order chi connectivity index (χ1) is 0. The molecule has 0 aromatic rings. The van der Waals surface area contributed by atoms with Gasteiger partial charge in [-0.3, -0.25) is 0 Å². The summed E-state index contributed by atoms with van der Waals surface area (Å²) in [5, 5.41) is 0. The van der Waals surface area contributed by atoms with Gasteiger partial charge in [-0.25, -0.2) is 0 Å². The molecule has 0 N–H and O–H groups in total. The van der Waals surface area contributed by atoms with Crippen molar-refractivity contribution in [3.05, 3.63) is 0 Å². The molecule has 0 aromatic carbocycles. The van der Waals surface area contributed by atoms with Crippen LogP contribution in [0.2, 0.25) is 0 Å². The zero-order valence-corrected chi connectivity index (χ0v) is 1.71. The second-order valence-corrected chi connectivity index (χ2v) is 0. The molecule has 0 saturated heterocycles. The van der Waals surface area contributed by atoms with E-state index in [1.807, 2.05) is 0 Å². The molecule has 0 aliphatic carbocycles. The van der Waals surface area contributed by atoms with Crippen LogP contribution in [-0.2, 0) is 22.0 Å². The van der Waals surface area contributed by atoms with Gasteiger partial charge in [0.15, 0.2) is 0 Å². The summed E-state index contributed by atoms with van der Waals surface area (Å²) in [6.07, 6.45) is 0. The monoisotopic (exact) mass is 156 g/mol. The van der Waals surface area contributed by atoms with Crippen LogP contribution in [-0.4, -0.2) is 89.1 Å². The van der Waals surface area contributed by atoms with E-state index in [4.69, 9.17) is 0 Å². The molecule has 0 atom stereocenters. The van der Waals surface area contributed by atoms with Crippen molar-refractivity contribution in [3.8, 4) is 0 Å². The first kappa shape index (κ1) is 26.4. The summed E-state index contributed by atoms with van der Waals surface area (Å²) in [6.45, 7) is 0. The summed E-state index contributed by atoms with van der Waals surface area (Å²) >= 11 is 0. The Morgan fingerprint density at radius 1 is 1.00 bits per heavy atom. The summed E-state index contributed by atoms with van der Waals surface area (Å²) in [4.78, 5) is 0. The fraction of sp³-hybridized carbons (Fsp3) is 0. The summed E-state index contributed by atoms with van der Waals surface area (Å²) in [7, 11) is 0. The van der Waals surface area contributed by atoms with Gasteiger partial charge < -0.3 is 0 Å². The second-order valence-electron chi connectivity index (χ2n) is 0. The van der Waals surface area contributed by atoms with Crippen molar-refractivity contribution < 1.29 is 22.0 Å². The maximum Gasteiger partial charge on any atom is 0 e. The van der Waals surface area contributed by atoms with Crippen LogP contribution in [0, 0.1) is 0 Å². The van der Waals surface area contributed by atoms with Gasteiger partial charge in [-0.05, 0) is 0 Å². The Hall–Kier alpha value is 3.35. The third-order valence-electron chi connectivity index (χ3n) is 0. The standard InChI is InChI=1S/Ca.K.Ni.O.3H. The average Bonchev–Trinajstić information content (AvgIpc) is 0. The summed E-state index contributed by atoms with van der Waals surface area (Å²) in [5.41, 5.74) is 0. The largest absolute Gasteiger partial charge is 0 e. The smallest absolute Gasteiger partial charge is 0 e. The fourth-order valence-electron chi connectivity index (χ4n) is 0. The van der Waals surface area contributed by atoms with Crippen molar-refractivity contribution in [2.75, 3.05) is 0 Å². The van der Waals surface area contributed by atoms with E-state index < -0.39 is 0 Å². The second kappa shape index (κ2) is 16.2. The first-order valence-electron chi connectivity index (χ1n) is 0. The van der Waals surface area contributed by atoms with E-state index in [0.29, 0.717) is 0 Å². The van der Waals surface area contributed by atoms with Gasteiger partial charge in [0.05, 0.1) is 0 Å². The quantitative estimate of drug-likeness (QED) is 0.375. The molecule has 4 heavy (non-hydrogen) atoms. The van der Waals surface area contributed by atoms with Gasteiger partial charge >= 0.3 is 89.1 Å². The molecule has 0 aromatic heterocycles.